The van der Waals surface area contributed by atoms with Gasteiger partial charge in [-0.3, -0.25) is 9.69 Å². The first kappa shape index (κ1) is 15.5. The molecule has 0 saturated heterocycles. The third-order valence-corrected chi connectivity index (χ3v) is 3.29. The van der Waals surface area contributed by atoms with Crippen LogP contribution in [0.5, 0.6) is 0 Å². The van der Waals surface area contributed by atoms with Crippen molar-refractivity contribution in [1.82, 2.24) is 9.88 Å². The SMILES string of the molecule is O=C(O)CN(Cc1coc(-c2cccs2)n1)CC(F)(F)F. The van der Waals surface area contributed by atoms with Crippen LogP contribution in [0.2, 0.25) is 0 Å². The van der Waals surface area contributed by atoms with E-state index in [1.54, 1.807) is 12.1 Å². The number of oxazole rings is 1. The van der Waals surface area contributed by atoms with Crippen molar-refractivity contribution in [3.05, 3.63) is 29.5 Å². The highest BCUT2D eigenvalue weighted by molar-refractivity contribution is 7.13. The molecule has 114 valence electrons. The monoisotopic (exact) mass is 320 g/mol. The Morgan fingerprint density at radius 2 is 2.24 bits per heavy atom. The number of thiophene rings is 1. The Hall–Kier alpha value is -1.87. The van der Waals surface area contributed by atoms with E-state index in [4.69, 9.17) is 9.52 Å². The van der Waals surface area contributed by atoms with E-state index >= 15 is 0 Å². The van der Waals surface area contributed by atoms with Gasteiger partial charge in [0.2, 0.25) is 5.89 Å². The number of carboxylic acid groups (broad SMARTS) is 1. The molecular formula is C12H11F3N2O3S. The Kier molecular flexibility index (Phi) is 4.63. The van der Waals surface area contributed by atoms with E-state index in [1.165, 1.54) is 17.6 Å². The van der Waals surface area contributed by atoms with Crippen molar-refractivity contribution < 1.29 is 27.5 Å². The van der Waals surface area contributed by atoms with E-state index in [2.05, 4.69) is 4.98 Å². The summed E-state index contributed by atoms with van der Waals surface area (Å²) < 4.78 is 42.4. The lowest BCUT2D eigenvalue weighted by molar-refractivity contribution is -0.155. The van der Waals surface area contributed by atoms with Crippen molar-refractivity contribution in [3.8, 4) is 10.8 Å². The zero-order valence-electron chi connectivity index (χ0n) is 10.6. The number of alkyl halides is 3. The minimum absolute atomic E-state index is 0.249. The van der Waals surface area contributed by atoms with Crippen LogP contribution in [0, 0.1) is 0 Å². The van der Waals surface area contributed by atoms with Crippen LogP contribution < -0.4 is 0 Å². The van der Waals surface area contributed by atoms with Crippen LogP contribution in [0.1, 0.15) is 5.69 Å². The second-order valence-corrected chi connectivity index (χ2v) is 5.22. The number of rotatable bonds is 6. The molecule has 0 fully saturated rings. The average Bonchev–Trinajstić information content (AvgIpc) is 2.94. The lowest BCUT2D eigenvalue weighted by Crippen LogP contribution is -2.37. The van der Waals surface area contributed by atoms with Crippen LogP contribution in [0.15, 0.2) is 28.2 Å². The zero-order chi connectivity index (χ0) is 15.5. The van der Waals surface area contributed by atoms with Gasteiger partial charge in [-0.15, -0.1) is 11.3 Å². The fourth-order valence-corrected chi connectivity index (χ4v) is 2.39. The minimum Gasteiger partial charge on any atom is -0.480 e. The first-order chi connectivity index (χ1) is 9.83. The van der Waals surface area contributed by atoms with Crippen LogP contribution in [0.4, 0.5) is 13.2 Å². The number of nitrogens with zero attached hydrogens (tertiary/aromatic N) is 2. The Morgan fingerprint density at radius 3 is 2.81 bits per heavy atom. The summed E-state index contributed by atoms with van der Waals surface area (Å²) in [6.45, 7) is -2.29. The summed E-state index contributed by atoms with van der Waals surface area (Å²) in [6, 6.07) is 3.56. The van der Waals surface area contributed by atoms with Crippen LogP contribution in [-0.4, -0.2) is 40.2 Å². The van der Waals surface area contributed by atoms with Crippen molar-refractivity contribution in [1.29, 1.82) is 0 Å². The van der Waals surface area contributed by atoms with Gasteiger partial charge in [0.1, 0.15) is 6.26 Å². The molecule has 0 radical (unpaired) electrons. The topological polar surface area (TPSA) is 66.6 Å². The lowest BCUT2D eigenvalue weighted by atomic mass is 10.4. The number of hydrogen-bond donors (Lipinski definition) is 1. The largest absolute Gasteiger partial charge is 0.480 e. The summed E-state index contributed by atoms with van der Waals surface area (Å²) in [5.41, 5.74) is 0.254. The second kappa shape index (κ2) is 6.27. The Bertz CT molecular complexity index is 595. The summed E-state index contributed by atoms with van der Waals surface area (Å²) in [7, 11) is 0. The molecule has 0 aliphatic heterocycles. The fourth-order valence-electron chi connectivity index (χ4n) is 1.73. The molecule has 0 amide bonds. The van der Waals surface area contributed by atoms with Crippen molar-refractivity contribution in [2.75, 3.05) is 13.1 Å². The highest BCUT2D eigenvalue weighted by atomic mass is 32.1. The molecule has 0 aliphatic rings. The average molecular weight is 320 g/mol. The van der Waals surface area contributed by atoms with Gasteiger partial charge in [-0.25, -0.2) is 4.98 Å². The van der Waals surface area contributed by atoms with Crippen LogP contribution >= 0.6 is 11.3 Å². The third-order valence-electron chi connectivity index (χ3n) is 2.43. The number of aliphatic carboxylic acids is 1. The van der Waals surface area contributed by atoms with Gasteiger partial charge in [-0.1, -0.05) is 6.07 Å². The van der Waals surface area contributed by atoms with E-state index in [9.17, 15) is 18.0 Å². The molecular weight excluding hydrogens is 309 g/mol. The van der Waals surface area contributed by atoms with Crippen molar-refractivity contribution in [2.45, 2.75) is 12.7 Å². The van der Waals surface area contributed by atoms with Crippen molar-refractivity contribution in [3.63, 3.8) is 0 Å². The highest BCUT2D eigenvalue weighted by Gasteiger charge is 2.32. The van der Waals surface area contributed by atoms with Crippen molar-refractivity contribution in [2.24, 2.45) is 0 Å². The lowest BCUT2D eigenvalue weighted by Gasteiger charge is -2.20. The van der Waals surface area contributed by atoms with Gasteiger partial charge >= 0.3 is 12.1 Å². The molecule has 0 aliphatic carbocycles. The maximum Gasteiger partial charge on any atom is 0.401 e. The van der Waals surface area contributed by atoms with Gasteiger partial charge in [-0.05, 0) is 11.4 Å². The molecule has 0 spiro atoms. The Balaban J connectivity index is 2.07. The predicted octanol–water partition coefficient (Wildman–Crippen LogP) is 2.85. The molecule has 0 aromatic carbocycles. The van der Waals surface area contributed by atoms with E-state index in [0.717, 1.165) is 9.78 Å². The second-order valence-electron chi connectivity index (χ2n) is 4.28. The van der Waals surface area contributed by atoms with Gasteiger partial charge in [0.15, 0.2) is 0 Å². The van der Waals surface area contributed by atoms with E-state index < -0.39 is 25.2 Å². The number of halogens is 3. The molecule has 2 aromatic heterocycles. The molecule has 0 atom stereocenters. The molecule has 0 saturated carbocycles. The molecule has 21 heavy (non-hydrogen) atoms. The first-order valence-electron chi connectivity index (χ1n) is 5.82. The third kappa shape index (κ3) is 4.87. The van der Waals surface area contributed by atoms with E-state index in [-0.39, 0.29) is 12.2 Å². The zero-order valence-corrected chi connectivity index (χ0v) is 11.4. The summed E-state index contributed by atoms with van der Waals surface area (Å²) in [5.74, 6) is -1.02. The number of carboxylic acids is 1. The molecule has 1 N–H and O–H groups in total. The normalized spacial score (nSPS) is 12.0. The summed E-state index contributed by atoms with van der Waals surface area (Å²) in [4.78, 5) is 16.2. The predicted molar refractivity (Wildman–Crippen MR) is 68.8 cm³/mol. The summed E-state index contributed by atoms with van der Waals surface area (Å²) in [6.07, 6.45) is -3.24. The minimum atomic E-state index is -4.48. The van der Waals surface area contributed by atoms with Crippen LogP contribution in [0.25, 0.3) is 10.8 Å². The highest BCUT2D eigenvalue weighted by Crippen LogP contribution is 2.24. The van der Waals surface area contributed by atoms with Crippen LogP contribution in [-0.2, 0) is 11.3 Å². The standard InChI is InChI=1S/C12H11F3N2O3S/c13-12(14,15)7-17(5-10(18)19)4-8-6-20-11(16-8)9-2-1-3-21-9/h1-3,6H,4-5,7H2,(H,18,19). The van der Waals surface area contributed by atoms with Gasteiger partial charge in [0.25, 0.3) is 0 Å². The van der Waals surface area contributed by atoms with Crippen LogP contribution in [0.3, 0.4) is 0 Å². The Labute approximate surface area is 121 Å². The molecule has 2 aromatic rings. The van der Waals surface area contributed by atoms with E-state index in [1.807, 2.05) is 5.38 Å². The van der Waals surface area contributed by atoms with Gasteiger partial charge in [-0.2, -0.15) is 13.2 Å². The fraction of sp³-hybridized carbons (Fsp3) is 0.333. The maximum atomic E-state index is 12.4. The smallest absolute Gasteiger partial charge is 0.401 e. The molecule has 9 heteroatoms. The van der Waals surface area contributed by atoms with Gasteiger partial charge in [0, 0.05) is 6.54 Å². The van der Waals surface area contributed by atoms with E-state index in [0.29, 0.717) is 5.89 Å². The van der Waals surface area contributed by atoms with Gasteiger partial charge in [0.05, 0.1) is 23.7 Å². The number of aromatic nitrogens is 1. The number of hydrogen-bond acceptors (Lipinski definition) is 5. The quantitative estimate of drug-likeness (QED) is 0.886. The molecule has 0 unspecified atom stereocenters. The molecule has 2 heterocycles. The Morgan fingerprint density at radius 1 is 1.48 bits per heavy atom. The van der Waals surface area contributed by atoms with Crippen molar-refractivity contribution >= 4 is 17.3 Å². The molecule has 2 rings (SSSR count). The maximum absolute atomic E-state index is 12.4. The summed E-state index contributed by atoms with van der Waals surface area (Å²) in [5, 5.41) is 10.5. The molecule has 0 bridgehead atoms. The first-order valence-corrected chi connectivity index (χ1v) is 6.70. The number of carbonyl (C=O) groups is 1. The molecule has 5 nitrogen and oxygen atoms in total. The van der Waals surface area contributed by atoms with Gasteiger partial charge < -0.3 is 9.52 Å². The summed E-state index contributed by atoms with van der Waals surface area (Å²) >= 11 is 1.38.